The summed E-state index contributed by atoms with van der Waals surface area (Å²) in [5.74, 6) is -1.11. The van der Waals surface area contributed by atoms with Crippen LogP contribution in [0.5, 0.6) is 0 Å². The maximum atomic E-state index is 12.9. The molecule has 6 heteroatoms. The molecule has 3 aromatic rings. The molecule has 1 N–H and O–H groups in total. The third-order valence-corrected chi connectivity index (χ3v) is 4.25. The lowest BCUT2D eigenvalue weighted by atomic mass is 10.2. The largest absolute Gasteiger partial charge is 0.481 e. The van der Waals surface area contributed by atoms with Gasteiger partial charge in [0, 0.05) is 0 Å². The van der Waals surface area contributed by atoms with E-state index in [1.807, 2.05) is 31.2 Å². The SMILES string of the molecule is Cc1cccc(-n2c(SCC(=O)O)nc3ccccc3c2=O)c1. The Bertz CT molecular complexity index is 950. The number of aryl methyl sites for hydroxylation is 1. The van der Waals surface area contributed by atoms with Gasteiger partial charge in [-0.1, -0.05) is 36.0 Å². The highest BCUT2D eigenvalue weighted by molar-refractivity contribution is 7.99. The molecule has 0 unspecified atom stereocenters. The number of aliphatic carboxylic acids is 1. The molecule has 116 valence electrons. The van der Waals surface area contributed by atoms with Crippen LogP contribution in [-0.2, 0) is 4.79 Å². The highest BCUT2D eigenvalue weighted by Crippen LogP contribution is 2.21. The van der Waals surface area contributed by atoms with Crippen molar-refractivity contribution in [3.05, 3.63) is 64.4 Å². The van der Waals surface area contributed by atoms with E-state index in [0.29, 0.717) is 21.7 Å². The number of rotatable bonds is 4. The molecule has 3 rings (SSSR count). The number of aromatic nitrogens is 2. The van der Waals surface area contributed by atoms with E-state index >= 15 is 0 Å². The number of hydrogen-bond acceptors (Lipinski definition) is 4. The zero-order valence-corrected chi connectivity index (χ0v) is 13.2. The van der Waals surface area contributed by atoms with Crippen LogP contribution in [-0.4, -0.2) is 26.4 Å². The minimum absolute atomic E-state index is 0.156. The summed E-state index contributed by atoms with van der Waals surface area (Å²) in [7, 11) is 0. The summed E-state index contributed by atoms with van der Waals surface area (Å²) in [5.41, 5.74) is 2.06. The summed E-state index contributed by atoms with van der Waals surface area (Å²) in [6.45, 7) is 1.94. The molecule has 0 saturated heterocycles. The quantitative estimate of drug-likeness (QED) is 0.589. The maximum Gasteiger partial charge on any atom is 0.313 e. The second kappa shape index (κ2) is 6.26. The minimum atomic E-state index is -0.951. The number of fused-ring (bicyclic) bond motifs is 1. The van der Waals surface area contributed by atoms with E-state index in [-0.39, 0.29) is 11.3 Å². The first-order valence-corrected chi connectivity index (χ1v) is 7.98. The van der Waals surface area contributed by atoms with Crippen LogP contribution in [0.3, 0.4) is 0 Å². The van der Waals surface area contributed by atoms with Gasteiger partial charge in [0.1, 0.15) is 0 Å². The zero-order chi connectivity index (χ0) is 16.4. The molecule has 0 aliphatic heterocycles. The van der Waals surface area contributed by atoms with Gasteiger partial charge in [-0.25, -0.2) is 4.98 Å². The molecule has 2 aromatic carbocycles. The Morgan fingerprint density at radius 3 is 2.74 bits per heavy atom. The monoisotopic (exact) mass is 326 g/mol. The summed E-state index contributed by atoms with van der Waals surface area (Å²) in [5, 5.41) is 9.81. The van der Waals surface area contributed by atoms with Gasteiger partial charge in [0.2, 0.25) is 0 Å². The van der Waals surface area contributed by atoms with Gasteiger partial charge in [-0.05, 0) is 36.8 Å². The Hall–Kier alpha value is -2.60. The van der Waals surface area contributed by atoms with E-state index in [0.717, 1.165) is 17.3 Å². The van der Waals surface area contributed by atoms with Gasteiger partial charge in [0.15, 0.2) is 5.16 Å². The molecule has 5 nitrogen and oxygen atoms in total. The molecule has 1 aromatic heterocycles. The van der Waals surface area contributed by atoms with Gasteiger partial charge in [0.05, 0.1) is 22.3 Å². The Labute approximate surface area is 136 Å². The van der Waals surface area contributed by atoms with Gasteiger partial charge in [0.25, 0.3) is 5.56 Å². The lowest BCUT2D eigenvalue weighted by Gasteiger charge is -2.13. The molecule has 0 spiro atoms. The highest BCUT2D eigenvalue weighted by Gasteiger charge is 2.14. The molecule has 0 amide bonds. The maximum absolute atomic E-state index is 12.9. The molecule has 0 aliphatic carbocycles. The first-order chi connectivity index (χ1) is 11.1. The van der Waals surface area contributed by atoms with Crippen LogP contribution in [0.15, 0.2) is 58.5 Å². The van der Waals surface area contributed by atoms with Crippen LogP contribution in [0.25, 0.3) is 16.6 Å². The summed E-state index contributed by atoms with van der Waals surface area (Å²) in [6, 6.07) is 14.6. The molecule has 23 heavy (non-hydrogen) atoms. The number of carboxylic acid groups (broad SMARTS) is 1. The predicted molar refractivity (Wildman–Crippen MR) is 90.4 cm³/mol. The average Bonchev–Trinajstić information content (AvgIpc) is 2.53. The number of carbonyl (C=O) groups is 1. The Morgan fingerprint density at radius 1 is 1.22 bits per heavy atom. The molecule has 0 aliphatic rings. The molecule has 0 radical (unpaired) electrons. The summed E-state index contributed by atoms with van der Waals surface area (Å²) >= 11 is 1.04. The van der Waals surface area contributed by atoms with Crippen LogP contribution in [0.2, 0.25) is 0 Å². The van der Waals surface area contributed by atoms with E-state index in [1.165, 1.54) is 4.57 Å². The normalized spacial score (nSPS) is 10.8. The van der Waals surface area contributed by atoms with Crippen molar-refractivity contribution in [3.63, 3.8) is 0 Å². The zero-order valence-electron chi connectivity index (χ0n) is 12.4. The van der Waals surface area contributed by atoms with Crippen molar-refractivity contribution in [2.45, 2.75) is 12.1 Å². The van der Waals surface area contributed by atoms with E-state index in [4.69, 9.17) is 5.11 Å². The van der Waals surface area contributed by atoms with E-state index in [1.54, 1.807) is 24.3 Å². The van der Waals surface area contributed by atoms with Crippen molar-refractivity contribution in [2.24, 2.45) is 0 Å². The first kappa shape index (κ1) is 15.3. The molecular weight excluding hydrogens is 312 g/mol. The first-order valence-electron chi connectivity index (χ1n) is 6.99. The molecule has 0 bridgehead atoms. The van der Waals surface area contributed by atoms with Gasteiger partial charge in [-0.15, -0.1) is 0 Å². The van der Waals surface area contributed by atoms with Crippen molar-refractivity contribution < 1.29 is 9.90 Å². The van der Waals surface area contributed by atoms with Gasteiger partial charge in [-0.3, -0.25) is 14.2 Å². The molecule has 0 fully saturated rings. The fourth-order valence-electron chi connectivity index (χ4n) is 2.33. The topological polar surface area (TPSA) is 72.2 Å². The van der Waals surface area contributed by atoms with Crippen LogP contribution >= 0.6 is 11.8 Å². The van der Waals surface area contributed by atoms with Gasteiger partial charge < -0.3 is 5.11 Å². The molecule has 0 saturated carbocycles. The summed E-state index contributed by atoms with van der Waals surface area (Å²) in [6.07, 6.45) is 0. The highest BCUT2D eigenvalue weighted by atomic mass is 32.2. The third-order valence-electron chi connectivity index (χ3n) is 3.33. The minimum Gasteiger partial charge on any atom is -0.481 e. The van der Waals surface area contributed by atoms with E-state index in [9.17, 15) is 9.59 Å². The molecule has 1 heterocycles. The standard InChI is InChI=1S/C17H14N2O3S/c1-11-5-4-6-12(9-11)19-16(22)13-7-2-3-8-14(13)18-17(19)23-10-15(20)21/h2-9H,10H2,1H3,(H,20,21). The number of thioether (sulfide) groups is 1. The predicted octanol–water partition coefficient (Wildman–Crippen LogP) is 2.87. The fraction of sp³-hybridized carbons (Fsp3) is 0.118. The van der Waals surface area contributed by atoms with E-state index < -0.39 is 5.97 Å². The van der Waals surface area contributed by atoms with Crippen LogP contribution in [0.4, 0.5) is 0 Å². The number of hydrogen-bond donors (Lipinski definition) is 1. The van der Waals surface area contributed by atoms with Crippen LogP contribution in [0, 0.1) is 6.92 Å². The van der Waals surface area contributed by atoms with Crippen molar-refractivity contribution in [3.8, 4) is 5.69 Å². The number of benzene rings is 2. The molecular formula is C17H14N2O3S. The van der Waals surface area contributed by atoms with E-state index in [2.05, 4.69) is 4.98 Å². The third kappa shape index (κ3) is 3.12. The van der Waals surface area contributed by atoms with Gasteiger partial charge >= 0.3 is 5.97 Å². The van der Waals surface area contributed by atoms with Crippen LogP contribution < -0.4 is 5.56 Å². The number of para-hydroxylation sites is 1. The Kier molecular flexibility index (Phi) is 4.16. The smallest absolute Gasteiger partial charge is 0.313 e. The molecule has 0 atom stereocenters. The summed E-state index contributed by atoms with van der Waals surface area (Å²) in [4.78, 5) is 28.2. The number of carboxylic acids is 1. The lowest BCUT2D eigenvalue weighted by molar-refractivity contribution is -0.133. The van der Waals surface area contributed by atoms with Gasteiger partial charge in [-0.2, -0.15) is 0 Å². The van der Waals surface area contributed by atoms with Crippen molar-refractivity contribution in [2.75, 3.05) is 5.75 Å². The van der Waals surface area contributed by atoms with Crippen molar-refractivity contribution in [1.29, 1.82) is 0 Å². The van der Waals surface area contributed by atoms with Crippen molar-refractivity contribution in [1.82, 2.24) is 9.55 Å². The summed E-state index contributed by atoms with van der Waals surface area (Å²) < 4.78 is 1.48. The Balaban J connectivity index is 2.27. The second-order valence-electron chi connectivity index (χ2n) is 5.07. The Morgan fingerprint density at radius 2 is 2.00 bits per heavy atom. The van der Waals surface area contributed by atoms with Crippen molar-refractivity contribution >= 4 is 28.6 Å². The average molecular weight is 326 g/mol. The number of nitrogens with zero attached hydrogens (tertiary/aromatic N) is 2. The lowest BCUT2D eigenvalue weighted by Crippen LogP contribution is -2.22. The fourth-order valence-corrected chi connectivity index (χ4v) is 3.06. The van der Waals surface area contributed by atoms with Crippen LogP contribution in [0.1, 0.15) is 5.56 Å². The second-order valence-corrected chi connectivity index (χ2v) is 6.02.